The number of aliphatic hydroxyl groups excluding tert-OH is 4. The number of unbranched alkanes of at least 4 members (excludes halogenated alkanes) is 1. The molecule has 4 aliphatic heterocycles. The maximum atomic E-state index is 14.6. The van der Waals surface area contributed by atoms with Gasteiger partial charge in [-0.2, -0.15) is 5.48 Å². The molecule has 19 atom stereocenters. The Bertz CT molecular complexity index is 3160. The van der Waals surface area contributed by atoms with Crippen LogP contribution in [0, 0.1) is 34.2 Å². The fourth-order valence-electron chi connectivity index (χ4n) is 12.6. The molecule has 0 saturated carbocycles. The number of benzene rings is 1. The second-order valence-corrected chi connectivity index (χ2v) is 30.7. The maximum Gasteiger partial charge on any atom is 0.411 e. The van der Waals surface area contributed by atoms with Gasteiger partial charge in [0.1, 0.15) is 36.6 Å². The highest BCUT2D eigenvalue weighted by Crippen LogP contribution is 2.49. The molecule has 572 valence electrons. The van der Waals surface area contributed by atoms with E-state index in [2.05, 4.69) is 50.4 Å². The number of thioether (sulfide) groups is 1. The maximum absolute atomic E-state index is 14.6. The van der Waals surface area contributed by atoms with Gasteiger partial charge in [-0.05, 0) is 133 Å². The van der Waals surface area contributed by atoms with Gasteiger partial charge in [-0.3, -0.25) is 29.4 Å². The van der Waals surface area contributed by atoms with Crippen molar-refractivity contribution in [2.75, 3.05) is 100 Å². The number of hydrogen-bond acceptors (Lipinski definition) is 30. The summed E-state index contributed by atoms with van der Waals surface area (Å²) >= 11 is 2.81. The molecule has 2 amide bonds. The first-order valence-electron chi connectivity index (χ1n) is 34.4. The molecule has 6 aliphatic rings. The Morgan fingerprint density at radius 2 is 1.53 bits per heavy atom. The van der Waals surface area contributed by atoms with Crippen molar-refractivity contribution < 1.29 is 106 Å². The Hall–Kier alpha value is -3.94. The van der Waals surface area contributed by atoms with Crippen molar-refractivity contribution in [2.24, 2.45) is 5.73 Å². The number of aliphatic hydroxyl groups is 5. The number of alkyl carbamates (subject to hydrolysis) is 1. The zero-order valence-electron chi connectivity index (χ0n) is 60.0. The zero-order valence-corrected chi connectivity index (χ0v) is 64.6. The van der Waals surface area contributed by atoms with Gasteiger partial charge >= 0.3 is 6.09 Å². The van der Waals surface area contributed by atoms with E-state index in [0.717, 1.165) is 70.7 Å². The van der Waals surface area contributed by atoms with Crippen molar-refractivity contribution in [1.29, 1.82) is 0 Å². The topological polar surface area (TPSA) is 379 Å². The number of nitrogens with two attached hydrogens (primary N) is 1. The molecule has 0 unspecified atom stereocenters. The van der Waals surface area contributed by atoms with Crippen molar-refractivity contribution in [3.8, 4) is 40.9 Å². The molecular formula is C69H104IN7O22S3. The number of amides is 2. The quantitative estimate of drug-likeness (QED) is 0.0151. The molecule has 4 heterocycles. The molecule has 0 spiro atoms. The number of hydroxylamine groups is 1. The summed E-state index contributed by atoms with van der Waals surface area (Å²) in [6.07, 6.45) is -11.0. The highest BCUT2D eigenvalue weighted by molar-refractivity contribution is 14.1. The van der Waals surface area contributed by atoms with Crippen LogP contribution in [-0.2, 0) is 57.1 Å². The Morgan fingerprint density at radius 1 is 0.833 bits per heavy atom. The van der Waals surface area contributed by atoms with Gasteiger partial charge in [0.15, 0.2) is 41.8 Å². The van der Waals surface area contributed by atoms with E-state index in [9.17, 15) is 44.7 Å². The largest absolute Gasteiger partial charge is 0.492 e. The summed E-state index contributed by atoms with van der Waals surface area (Å²) in [5, 5.41) is 70.2. The standard InChI is InChI=1S/C69H104IN7O22S3/c1-13-77(35-48(80)74-30-21-29-73-27-19-18-26-72-28-20-25-71)43-36-92-49(33-47(43)87-8)97-62-57(82)54(39(5)94-67(62)96-46-22-16-14-15-17-24-69(86)34-45(79)55(75-68(85)91-12)52(46)42(69)23-31-100-102-37(2)3)76-99-50-32-44(78)64(41(7)93-50)101-65(84)51-38(4)53(70)60(63(90-11)59(51)88-9)98-66-58(83)61(89-10)56(81)40(6)95-66/h14-15,23,37,39-41,43-44,46-47,49-50,54,56-58,61-62,64,66-67,72-73,76,78,81-83,86H,13,18-21,25-36,71H2,1-12H3,(H,74,80)(H,75,85)/b15-14?,42-23+/t39-,40+,41-,43+,44+,46+,47+,49+,50+,54-,56+,57+,58-,61-,62-,64-,66+,67+,69+/m1/s1. The minimum atomic E-state index is -2.10. The summed E-state index contributed by atoms with van der Waals surface area (Å²) in [6, 6.07) is -1.56. The smallest absolute Gasteiger partial charge is 0.411 e. The normalized spacial score (nSPS) is 31.4. The molecule has 2 bridgehead atoms. The van der Waals surface area contributed by atoms with Crippen LogP contribution in [0.25, 0.3) is 0 Å². The average Bonchev–Trinajstić information content (AvgIpc) is 0.752. The fraction of sp³-hybridized carbons (Fsp3) is 0.710. The van der Waals surface area contributed by atoms with Crippen LogP contribution in [0.5, 0.6) is 17.2 Å². The van der Waals surface area contributed by atoms with Crippen molar-refractivity contribution in [3.63, 3.8) is 0 Å². The zero-order chi connectivity index (χ0) is 74.4. The van der Waals surface area contributed by atoms with E-state index < -0.39 is 139 Å². The van der Waals surface area contributed by atoms with Crippen molar-refractivity contribution in [3.05, 3.63) is 49.8 Å². The van der Waals surface area contributed by atoms with Crippen LogP contribution >= 0.6 is 55.9 Å². The van der Waals surface area contributed by atoms with E-state index >= 15 is 0 Å². The first-order valence-corrected chi connectivity index (χ1v) is 38.8. The lowest BCUT2D eigenvalue weighted by molar-refractivity contribution is -0.337. The number of Topliss-reactive ketones (excluding diaryl/α,β-unsaturated/α-hetero) is 1. The van der Waals surface area contributed by atoms with Crippen molar-refractivity contribution >= 4 is 78.8 Å². The number of allylic oxidation sites excluding steroid dienone is 3. The predicted molar refractivity (Wildman–Crippen MR) is 391 cm³/mol. The number of methoxy groups -OCH3 is 5. The number of nitrogens with zero attached hydrogens (tertiary/aromatic N) is 1. The molecule has 0 aromatic heterocycles. The van der Waals surface area contributed by atoms with Gasteiger partial charge in [0.05, 0.1) is 104 Å². The summed E-state index contributed by atoms with van der Waals surface area (Å²) in [4.78, 5) is 63.6. The molecule has 4 saturated heterocycles. The van der Waals surface area contributed by atoms with Crippen LogP contribution in [0.2, 0.25) is 0 Å². The summed E-state index contributed by atoms with van der Waals surface area (Å²) in [5.41, 5.74) is 6.76. The van der Waals surface area contributed by atoms with Gasteiger partial charge < -0.3 is 104 Å². The van der Waals surface area contributed by atoms with E-state index in [1.165, 1.54) is 44.3 Å². The summed E-state index contributed by atoms with van der Waals surface area (Å²) in [7, 11) is 9.83. The number of nitrogens with one attached hydrogen (secondary N) is 5. The number of ether oxygens (including phenoxy) is 12. The third kappa shape index (κ3) is 22.6. The van der Waals surface area contributed by atoms with E-state index in [0.29, 0.717) is 34.5 Å². The Labute approximate surface area is 623 Å². The van der Waals surface area contributed by atoms with E-state index in [1.807, 2.05) is 48.3 Å². The number of rotatable bonds is 36. The number of hydrogen-bond donors (Lipinski definition) is 11. The molecule has 33 heteroatoms. The van der Waals surface area contributed by atoms with Gasteiger partial charge in [-0.25, -0.2) is 4.79 Å². The lowest BCUT2D eigenvalue weighted by atomic mass is 9.75. The number of fused-ring (bicyclic) bond motifs is 2. The van der Waals surface area contributed by atoms with E-state index in [1.54, 1.807) is 51.7 Å². The van der Waals surface area contributed by atoms with Crippen LogP contribution < -0.4 is 46.7 Å². The Morgan fingerprint density at radius 3 is 2.19 bits per heavy atom. The Balaban J connectivity index is 1.10. The number of likely N-dealkylation sites (N-methyl/N-ethyl adjacent to an activating group) is 1. The fourth-order valence-corrected chi connectivity index (χ4v) is 16.2. The van der Waals surface area contributed by atoms with Gasteiger partial charge in [0.2, 0.25) is 23.1 Å². The molecular weight excluding hydrogens is 1500 g/mol. The van der Waals surface area contributed by atoms with Crippen LogP contribution in [0.4, 0.5) is 4.79 Å². The molecule has 1 aromatic rings. The summed E-state index contributed by atoms with van der Waals surface area (Å²) in [5.74, 6) is 11.2. The van der Waals surface area contributed by atoms with Crippen molar-refractivity contribution in [2.45, 2.75) is 214 Å². The third-order valence-electron chi connectivity index (χ3n) is 18.0. The predicted octanol–water partition coefficient (Wildman–Crippen LogP) is 2.85. The second-order valence-electron chi connectivity index (χ2n) is 25.5. The van der Waals surface area contributed by atoms with Gasteiger partial charge in [0.25, 0.3) is 0 Å². The Kier molecular flexibility index (Phi) is 35.1. The average molecular weight is 1610 g/mol. The van der Waals surface area contributed by atoms with E-state index in [-0.39, 0.29) is 76.8 Å². The van der Waals surface area contributed by atoms with Crippen LogP contribution in [-0.4, -0.2) is 274 Å². The monoisotopic (exact) mass is 1610 g/mol. The molecule has 12 N–H and O–H groups in total. The minimum Gasteiger partial charge on any atom is -0.492 e. The van der Waals surface area contributed by atoms with E-state index in [4.69, 9.17) is 67.4 Å². The molecule has 4 fully saturated rings. The van der Waals surface area contributed by atoms with Crippen molar-refractivity contribution in [1.82, 2.24) is 31.6 Å². The third-order valence-corrected chi connectivity index (χ3v) is 23.5. The molecule has 1 aromatic carbocycles. The number of ketones is 1. The summed E-state index contributed by atoms with van der Waals surface area (Å²) in [6.45, 7) is 17.8. The highest BCUT2D eigenvalue weighted by Gasteiger charge is 2.52. The number of carbonyl (C=O) groups excluding carboxylic acids is 4. The molecule has 102 heavy (non-hydrogen) atoms. The molecule has 29 nitrogen and oxygen atoms in total. The molecule has 0 radical (unpaired) electrons. The SMILES string of the molecule is CCN(CC(=O)NCCCNCCCCNCCCN)[C@H]1CO[C@@H](O[C@H]2[C@H](O[C@H]3C#CC=CC#C[C@]4(O)CC(=O)C(NC(=O)OC)=C3/C4=C\CSSC(C)C)O[C@H](C)[C@@H](NO[C@H]3C[C@H](O)[C@H](SC(=O)c4c(C)c(I)c(O[C@@H]5O[C@@H](C)[C@H](O)[C@@H](OC)[C@H]5O)c(OC)c4OC)[C@@H](C)O3)[C@@H]2O)C[C@@H]1OC. The van der Waals surface area contributed by atoms with Crippen LogP contribution in [0.15, 0.2) is 35.1 Å². The van der Waals surface area contributed by atoms with Gasteiger partial charge in [0, 0.05) is 55.8 Å². The van der Waals surface area contributed by atoms with Crippen LogP contribution in [0.1, 0.15) is 102 Å². The second kappa shape index (κ2) is 42.0. The van der Waals surface area contributed by atoms with Gasteiger partial charge in [-0.15, -0.1) is 0 Å². The lowest BCUT2D eigenvalue weighted by Gasteiger charge is -2.47. The number of carbonyl (C=O) groups is 4. The lowest BCUT2D eigenvalue weighted by Crippen LogP contribution is -2.65. The summed E-state index contributed by atoms with van der Waals surface area (Å²) < 4.78 is 73.7. The van der Waals surface area contributed by atoms with Gasteiger partial charge in [-0.1, -0.05) is 83.9 Å². The first-order chi connectivity index (χ1) is 48.9. The molecule has 7 rings (SSSR count). The van der Waals surface area contributed by atoms with Crippen LogP contribution in [0.3, 0.4) is 0 Å². The number of halogens is 1. The highest BCUT2D eigenvalue weighted by atomic mass is 127. The minimum absolute atomic E-state index is 0.0142. The molecule has 2 aliphatic carbocycles. The first kappa shape index (κ1) is 85.3.